The summed E-state index contributed by atoms with van der Waals surface area (Å²) >= 11 is 0. The quantitative estimate of drug-likeness (QED) is 0.414. The van der Waals surface area contributed by atoms with Crippen molar-refractivity contribution >= 4 is 11.5 Å². The Balaban J connectivity index is 1.62. The number of hydrogen-bond donors (Lipinski definition) is 1. The molecule has 0 spiro atoms. The number of Topliss-reactive ketones (excluding diaryl/α,β-unsaturated/α-hetero) is 1. The van der Waals surface area contributed by atoms with Crippen LogP contribution in [-0.4, -0.2) is 16.7 Å². The molecular formula is C21H33NO2. The minimum Gasteiger partial charge on any atom is -0.411 e. The summed E-state index contributed by atoms with van der Waals surface area (Å²) in [6.45, 7) is 6.99. The molecule has 0 heterocycles. The second kappa shape index (κ2) is 5.57. The molecule has 0 aromatic carbocycles. The highest BCUT2D eigenvalue weighted by atomic mass is 16.4. The van der Waals surface area contributed by atoms with Crippen molar-refractivity contribution in [1.82, 2.24) is 0 Å². The van der Waals surface area contributed by atoms with E-state index >= 15 is 0 Å². The van der Waals surface area contributed by atoms with Crippen LogP contribution in [0.3, 0.4) is 0 Å². The molecule has 1 N–H and O–H groups in total. The highest BCUT2D eigenvalue weighted by Gasteiger charge is 2.60. The summed E-state index contributed by atoms with van der Waals surface area (Å²) in [5.74, 6) is 4.04. The third-order valence-electron chi connectivity index (χ3n) is 9.14. The van der Waals surface area contributed by atoms with Gasteiger partial charge in [-0.25, -0.2) is 0 Å². The van der Waals surface area contributed by atoms with Gasteiger partial charge in [0.25, 0.3) is 0 Å². The van der Waals surface area contributed by atoms with E-state index in [1.807, 2.05) is 6.92 Å². The van der Waals surface area contributed by atoms with Gasteiger partial charge >= 0.3 is 0 Å². The van der Waals surface area contributed by atoms with Gasteiger partial charge in [-0.1, -0.05) is 19.0 Å². The summed E-state index contributed by atoms with van der Waals surface area (Å²) in [4.78, 5) is 12.0. The van der Waals surface area contributed by atoms with E-state index in [1.165, 1.54) is 38.5 Å². The molecule has 4 fully saturated rings. The maximum Gasteiger partial charge on any atom is 0.133 e. The SMILES string of the molecule is C/C(=N\O)[C@H]1CC[C@H]2[C@@H]3CC[C@H]4CC(=O)CC[C@]4(C)[C@H]3CC[C@]12C. The number of carbonyl (C=O) groups excluding carboxylic acids is 1. The number of ketones is 1. The first-order valence-electron chi connectivity index (χ1n) is 10.1. The van der Waals surface area contributed by atoms with Crippen LogP contribution >= 0.6 is 0 Å². The second-order valence-corrected chi connectivity index (χ2v) is 9.82. The number of oxime groups is 1. The van der Waals surface area contributed by atoms with E-state index in [0.29, 0.717) is 28.4 Å². The zero-order chi connectivity index (χ0) is 17.1. The molecule has 0 unspecified atom stereocenters. The molecule has 7 atom stereocenters. The van der Waals surface area contributed by atoms with Gasteiger partial charge in [0.2, 0.25) is 0 Å². The molecule has 0 radical (unpaired) electrons. The van der Waals surface area contributed by atoms with Gasteiger partial charge in [-0.2, -0.15) is 0 Å². The topological polar surface area (TPSA) is 49.7 Å². The van der Waals surface area contributed by atoms with Crippen LogP contribution < -0.4 is 0 Å². The van der Waals surface area contributed by atoms with Crippen molar-refractivity contribution in [2.75, 3.05) is 0 Å². The van der Waals surface area contributed by atoms with E-state index in [9.17, 15) is 10.0 Å². The second-order valence-electron chi connectivity index (χ2n) is 9.82. The Kier molecular flexibility index (Phi) is 3.85. The number of hydrogen-bond acceptors (Lipinski definition) is 3. The molecule has 0 aromatic heterocycles. The van der Waals surface area contributed by atoms with Crippen molar-refractivity contribution in [1.29, 1.82) is 0 Å². The summed E-state index contributed by atoms with van der Waals surface area (Å²) in [6, 6.07) is 0. The molecule has 0 amide bonds. The lowest BCUT2D eigenvalue weighted by molar-refractivity contribution is -0.138. The average molecular weight is 332 g/mol. The smallest absolute Gasteiger partial charge is 0.133 e. The van der Waals surface area contributed by atoms with Crippen LogP contribution in [0.1, 0.15) is 78.6 Å². The van der Waals surface area contributed by atoms with Crippen LogP contribution in [0.2, 0.25) is 0 Å². The van der Waals surface area contributed by atoms with Crippen LogP contribution in [0.4, 0.5) is 0 Å². The maximum atomic E-state index is 12.0. The number of carbonyl (C=O) groups is 1. The Morgan fingerprint density at radius 3 is 2.54 bits per heavy atom. The molecule has 134 valence electrons. The molecule has 4 rings (SSSR count). The fourth-order valence-corrected chi connectivity index (χ4v) is 7.80. The fourth-order valence-electron chi connectivity index (χ4n) is 7.80. The summed E-state index contributed by atoms with van der Waals surface area (Å²) in [5, 5.41) is 12.9. The van der Waals surface area contributed by atoms with Crippen molar-refractivity contribution in [3.05, 3.63) is 0 Å². The van der Waals surface area contributed by atoms with Crippen molar-refractivity contribution in [2.24, 2.45) is 45.6 Å². The van der Waals surface area contributed by atoms with Crippen molar-refractivity contribution in [3.63, 3.8) is 0 Å². The van der Waals surface area contributed by atoms with Crippen LogP contribution in [0.5, 0.6) is 0 Å². The van der Waals surface area contributed by atoms with Crippen LogP contribution in [0.25, 0.3) is 0 Å². The minimum absolute atomic E-state index is 0.325. The minimum atomic E-state index is 0.325. The van der Waals surface area contributed by atoms with Gasteiger partial charge in [0.15, 0.2) is 0 Å². The Morgan fingerprint density at radius 1 is 1.04 bits per heavy atom. The molecule has 0 aliphatic heterocycles. The molecule has 4 aliphatic rings. The van der Waals surface area contributed by atoms with Crippen LogP contribution in [0.15, 0.2) is 5.16 Å². The largest absolute Gasteiger partial charge is 0.411 e. The van der Waals surface area contributed by atoms with Crippen LogP contribution in [-0.2, 0) is 4.79 Å². The summed E-state index contributed by atoms with van der Waals surface area (Å²) in [6.07, 6.45) is 10.4. The van der Waals surface area contributed by atoms with E-state index in [-0.39, 0.29) is 0 Å². The van der Waals surface area contributed by atoms with Crippen molar-refractivity contribution in [2.45, 2.75) is 78.6 Å². The summed E-state index contributed by atoms with van der Waals surface area (Å²) in [5.41, 5.74) is 1.67. The van der Waals surface area contributed by atoms with Gasteiger partial charge in [0.1, 0.15) is 5.78 Å². The van der Waals surface area contributed by atoms with Gasteiger partial charge in [-0.15, -0.1) is 0 Å². The van der Waals surface area contributed by atoms with Crippen molar-refractivity contribution < 1.29 is 10.0 Å². The monoisotopic (exact) mass is 331 g/mol. The third kappa shape index (κ3) is 2.15. The zero-order valence-corrected chi connectivity index (χ0v) is 15.6. The molecule has 3 nitrogen and oxygen atoms in total. The highest BCUT2D eigenvalue weighted by molar-refractivity contribution is 5.85. The summed E-state index contributed by atoms with van der Waals surface area (Å²) in [7, 11) is 0. The first-order valence-corrected chi connectivity index (χ1v) is 10.1. The maximum absolute atomic E-state index is 12.0. The molecular weight excluding hydrogens is 298 g/mol. The molecule has 4 aliphatic carbocycles. The lowest BCUT2D eigenvalue weighted by Gasteiger charge is -2.60. The van der Waals surface area contributed by atoms with E-state index in [4.69, 9.17) is 0 Å². The lowest BCUT2D eigenvalue weighted by Crippen LogP contribution is -2.53. The average Bonchev–Trinajstić information content (AvgIpc) is 2.92. The number of nitrogens with zero attached hydrogens (tertiary/aromatic N) is 1. The Labute approximate surface area is 146 Å². The van der Waals surface area contributed by atoms with E-state index < -0.39 is 0 Å². The number of fused-ring (bicyclic) bond motifs is 5. The van der Waals surface area contributed by atoms with Crippen LogP contribution in [0, 0.1) is 40.4 Å². The van der Waals surface area contributed by atoms with Gasteiger partial charge in [0.05, 0.1) is 5.71 Å². The van der Waals surface area contributed by atoms with Gasteiger partial charge in [0, 0.05) is 18.8 Å². The molecule has 0 aromatic rings. The molecule has 0 bridgehead atoms. The van der Waals surface area contributed by atoms with Gasteiger partial charge in [-0.05, 0) is 86.4 Å². The zero-order valence-electron chi connectivity index (χ0n) is 15.6. The predicted molar refractivity (Wildman–Crippen MR) is 95.1 cm³/mol. The Hall–Kier alpha value is -0.860. The molecule has 3 heteroatoms. The molecule has 4 saturated carbocycles. The Bertz CT molecular complexity index is 570. The van der Waals surface area contributed by atoms with E-state index in [1.54, 1.807) is 0 Å². The van der Waals surface area contributed by atoms with E-state index in [2.05, 4.69) is 19.0 Å². The van der Waals surface area contributed by atoms with Gasteiger partial charge < -0.3 is 5.21 Å². The number of rotatable bonds is 1. The van der Waals surface area contributed by atoms with E-state index in [0.717, 1.165) is 42.7 Å². The van der Waals surface area contributed by atoms with Crippen molar-refractivity contribution in [3.8, 4) is 0 Å². The van der Waals surface area contributed by atoms with Gasteiger partial charge in [-0.3, -0.25) is 4.79 Å². The summed E-state index contributed by atoms with van der Waals surface area (Å²) < 4.78 is 0. The normalized spacial score (nSPS) is 51.7. The highest BCUT2D eigenvalue weighted by Crippen LogP contribution is 2.67. The lowest BCUT2D eigenvalue weighted by atomic mass is 9.44. The third-order valence-corrected chi connectivity index (χ3v) is 9.14. The predicted octanol–water partition coefficient (Wildman–Crippen LogP) is 5.06. The molecule has 24 heavy (non-hydrogen) atoms. The first-order chi connectivity index (χ1) is 11.4. The Morgan fingerprint density at radius 2 is 1.79 bits per heavy atom. The standard InChI is InChI=1S/C21H33NO2/c1-13(22-24)17-6-7-18-16-5-4-14-12-15(23)8-10-20(14,2)19(16)9-11-21(17,18)3/h14,16-19,24H,4-12H2,1-3H3/b22-13+/t14-,16-,17+,18-,19-,20-,21+/m0/s1. The molecule has 0 saturated heterocycles. The fraction of sp³-hybridized carbons (Fsp3) is 0.905. The first kappa shape index (κ1) is 16.6.